The maximum Gasteiger partial charge on any atom is 0.600 e. The Morgan fingerprint density at radius 3 is 2.00 bits per heavy atom. The largest absolute Gasteiger partial charge is 0.600 e. The average molecular weight is 338 g/mol. The predicted octanol–water partition coefficient (Wildman–Crippen LogP) is 6.91. The van der Waals surface area contributed by atoms with Gasteiger partial charge in [0.25, 0.3) is 0 Å². The molecular weight excluding hydrogens is 317 g/mol. The van der Waals surface area contributed by atoms with E-state index < -0.39 is 16.0 Å². The summed E-state index contributed by atoms with van der Waals surface area (Å²) in [5.41, 5.74) is -3.38. The summed E-state index contributed by atoms with van der Waals surface area (Å²) in [5, 5.41) is 0.724. The molecule has 0 aliphatic heterocycles. The highest BCUT2D eigenvalue weighted by molar-refractivity contribution is 7.38. The smallest absolute Gasteiger partial charge is 0.147 e. The normalized spacial score (nSPS) is 13.7. The molecule has 0 bridgehead atoms. The second-order valence-corrected chi connectivity index (χ2v) is 8.44. The van der Waals surface area contributed by atoms with Crippen molar-refractivity contribution >= 4 is 33.0 Å². The van der Waals surface area contributed by atoms with Crippen molar-refractivity contribution in [3.8, 4) is 0 Å². The number of alkyl halides is 3. The molecule has 1 aromatic heterocycles. The lowest BCUT2D eigenvalue weighted by Crippen LogP contribution is -2.10. The molecule has 2 aromatic rings. The van der Waals surface area contributed by atoms with E-state index in [1.54, 1.807) is 12.1 Å². The van der Waals surface area contributed by atoms with Gasteiger partial charge in [-0.2, -0.15) is 0 Å². The van der Waals surface area contributed by atoms with E-state index in [4.69, 9.17) is 0 Å². The highest BCUT2D eigenvalue weighted by Crippen LogP contribution is 2.53. The van der Waals surface area contributed by atoms with Crippen LogP contribution in [0.15, 0.2) is 24.3 Å². The monoisotopic (exact) mass is 337 g/mol. The van der Waals surface area contributed by atoms with Gasteiger partial charge in [0.1, 0.15) is 0 Å². The van der Waals surface area contributed by atoms with E-state index in [0.717, 1.165) is 10.9 Å². The van der Waals surface area contributed by atoms with E-state index in [1.807, 2.05) is 46.8 Å². The quantitative estimate of drug-likeness (QED) is 0.496. The first kappa shape index (κ1) is 18.3. The zero-order valence-corrected chi connectivity index (χ0v) is 14.5. The number of hydrogen-bond acceptors (Lipinski definition) is 0. The molecule has 1 heterocycles. The second kappa shape index (κ2) is 5.81. The molecule has 0 aliphatic carbocycles. The number of thiophene rings is 1. The van der Waals surface area contributed by atoms with Crippen molar-refractivity contribution in [2.75, 3.05) is 0 Å². The van der Waals surface area contributed by atoms with Crippen molar-refractivity contribution in [3.05, 3.63) is 34.7 Å². The van der Waals surface area contributed by atoms with Gasteiger partial charge in [0, 0.05) is 23.4 Å². The molecular formula is C16H21ClF3S+. The van der Waals surface area contributed by atoms with Gasteiger partial charge in [-0.05, 0) is 17.0 Å². The minimum atomic E-state index is -4.20. The van der Waals surface area contributed by atoms with Gasteiger partial charge in [0.2, 0.25) is 0 Å². The molecule has 0 aliphatic rings. The molecule has 1 aromatic carbocycles. The van der Waals surface area contributed by atoms with E-state index in [-0.39, 0.29) is 23.7 Å². The molecule has 0 saturated carbocycles. The Balaban J connectivity index is 0.00000220. The number of rotatable bonds is 1. The van der Waals surface area contributed by atoms with E-state index in [9.17, 15) is 13.2 Å². The lowest BCUT2D eigenvalue weighted by atomic mass is 9.87. The highest BCUT2D eigenvalue weighted by Gasteiger charge is 2.48. The fourth-order valence-electron chi connectivity index (χ4n) is 2.30. The van der Waals surface area contributed by atoms with Gasteiger partial charge in [0.05, 0.1) is 10.5 Å². The molecule has 2 rings (SSSR count). The molecule has 5 heteroatoms. The summed E-state index contributed by atoms with van der Waals surface area (Å²) in [6, 6.07) is 7.24. The first-order valence-electron chi connectivity index (χ1n) is 6.69. The van der Waals surface area contributed by atoms with Crippen molar-refractivity contribution in [3.63, 3.8) is 0 Å². The zero-order chi connectivity index (χ0) is 15.3. The van der Waals surface area contributed by atoms with Crippen LogP contribution in [0.1, 0.15) is 51.0 Å². The molecule has 0 fully saturated rings. The summed E-state index contributed by atoms with van der Waals surface area (Å²) in [5.74, 6) is -0.0922. The molecule has 1 unspecified atom stereocenters. The van der Waals surface area contributed by atoms with Crippen molar-refractivity contribution in [1.82, 2.24) is 0 Å². The van der Waals surface area contributed by atoms with Crippen molar-refractivity contribution in [2.24, 2.45) is 0 Å². The van der Waals surface area contributed by atoms with Gasteiger partial charge in [-0.15, -0.1) is 25.6 Å². The Kier molecular flexibility index (Phi) is 5.06. The lowest BCUT2D eigenvalue weighted by Gasteiger charge is -2.18. The molecule has 0 amide bonds. The van der Waals surface area contributed by atoms with Gasteiger partial charge in [-0.3, -0.25) is 0 Å². The topological polar surface area (TPSA) is 0 Å². The van der Waals surface area contributed by atoms with Crippen molar-refractivity contribution < 1.29 is 13.2 Å². The first-order valence-corrected chi connectivity index (χ1v) is 7.91. The summed E-state index contributed by atoms with van der Waals surface area (Å²) in [6.07, 6.45) is 0. The Morgan fingerprint density at radius 1 is 1.00 bits per heavy atom. The van der Waals surface area contributed by atoms with Gasteiger partial charge in [-0.25, -0.2) is 0 Å². The first-order chi connectivity index (χ1) is 9.01. The Labute approximate surface area is 132 Å². The van der Waals surface area contributed by atoms with Crippen molar-refractivity contribution in [2.45, 2.75) is 51.5 Å². The maximum absolute atomic E-state index is 13.4. The summed E-state index contributed by atoms with van der Waals surface area (Å²) >= 11 is 0. The van der Waals surface area contributed by atoms with Crippen molar-refractivity contribution in [1.29, 1.82) is 0 Å². The van der Waals surface area contributed by atoms with E-state index in [0.29, 0.717) is 9.58 Å². The van der Waals surface area contributed by atoms with E-state index in [1.165, 1.54) is 0 Å². The van der Waals surface area contributed by atoms with Gasteiger partial charge < -0.3 is 0 Å². The fraction of sp³-hybridized carbons (Fsp3) is 0.500. The SMILES string of the molecule is CC(C)c1cc2ccc(C(C)(C)C)cc2[s+]1C(F)(F)F.Cl. The van der Waals surface area contributed by atoms with Crippen LogP contribution in [0.5, 0.6) is 0 Å². The Morgan fingerprint density at radius 2 is 1.57 bits per heavy atom. The number of benzene rings is 1. The molecule has 21 heavy (non-hydrogen) atoms. The minimum absolute atomic E-state index is 0. The number of halogens is 4. The number of hydrogen-bond donors (Lipinski definition) is 0. The van der Waals surface area contributed by atoms with Crippen LogP contribution in [-0.4, -0.2) is 0 Å². The maximum atomic E-state index is 13.4. The fourth-order valence-corrected chi connectivity index (χ4v) is 4.39. The summed E-state index contributed by atoms with van der Waals surface area (Å²) in [6.45, 7) is 9.72. The molecule has 0 spiro atoms. The summed E-state index contributed by atoms with van der Waals surface area (Å²) < 4.78 is 40.8. The van der Waals surface area contributed by atoms with Crippen LogP contribution >= 0.6 is 22.9 Å². The van der Waals surface area contributed by atoms with E-state index in [2.05, 4.69) is 0 Å². The number of fused-ring (bicyclic) bond motifs is 1. The van der Waals surface area contributed by atoms with E-state index >= 15 is 0 Å². The Hall–Kier alpha value is -0.740. The highest BCUT2D eigenvalue weighted by atomic mass is 35.5. The third-order valence-corrected chi connectivity index (χ3v) is 5.75. The van der Waals surface area contributed by atoms with Crippen LogP contribution in [0.25, 0.3) is 10.1 Å². The van der Waals surface area contributed by atoms with Crippen LogP contribution < -0.4 is 0 Å². The van der Waals surface area contributed by atoms with Crippen LogP contribution in [0.2, 0.25) is 0 Å². The Bertz CT molecular complexity index is 633. The molecule has 0 N–H and O–H groups in total. The van der Waals surface area contributed by atoms with Crippen LogP contribution in [0.4, 0.5) is 13.2 Å². The van der Waals surface area contributed by atoms with Crippen LogP contribution in [0.3, 0.4) is 0 Å². The van der Waals surface area contributed by atoms with Crippen LogP contribution in [-0.2, 0) is 10.9 Å². The standard InChI is InChI=1S/C16H20F3S.ClH/c1-10(2)13-8-11-6-7-12(15(3,4)5)9-14(11)20(13)16(17,18)19;/h6-10H,1-5H3;1H/q+1;. The second-order valence-electron chi connectivity index (χ2n) is 6.46. The third kappa shape index (κ3) is 3.54. The predicted molar refractivity (Wildman–Crippen MR) is 87.8 cm³/mol. The van der Waals surface area contributed by atoms with Crippen LogP contribution in [0, 0.1) is 0 Å². The molecule has 1 atom stereocenters. The molecule has 0 nitrogen and oxygen atoms in total. The van der Waals surface area contributed by atoms with Gasteiger partial charge in [0.15, 0.2) is 9.58 Å². The lowest BCUT2D eigenvalue weighted by molar-refractivity contribution is -0.0868. The summed E-state index contributed by atoms with van der Waals surface area (Å²) in [7, 11) is -1.77. The third-order valence-electron chi connectivity index (χ3n) is 3.43. The minimum Gasteiger partial charge on any atom is -0.147 e. The molecule has 0 radical (unpaired) electrons. The van der Waals surface area contributed by atoms with Gasteiger partial charge in [-0.1, -0.05) is 40.7 Å². The van der Waals surface area contributed by atoms with Gasteiger partial charge >= 0.3 is 5.51 Å². The zero-order valence-electron chi connectivity index (χ0n) is 12.8. The summed E-state index contributed by atoms with van der Waals surface area (Å²) in [4.78, 5) is 0.499. The molecule has 118 valence electrons. The average Bonchev–Trinajstić information content (AvgIpc) is 2.65. The molecule has 0 saturated heterocycles.